The smallest absolute Gasteiger partial charge is 0.871 e. The van der Waals surface area contributed by atoms with Crippen LogP contribution in [0.4, 0.5) is 0 Å². The molecule has 10 heteroatoms. The van der Waals surface area contributed by atoms with Crippen LogP contribution in [0.15, 0.2) is 30.3 Å². The van der Waals surface area contributed by atoms with Crippen molar-refractivity contribution in [1.82, 2.24) is 19.7 Å². The molecule has 0 bridgehead atoms. The molecule has 182 valence electrons. The van der Waals surface area contributed by atoms with Crippen molar-refractivity contribution >= 4 is 22.8 Å². The molecule has 1 heterocycles. The average Bonchev–Trinajstić information content (AvgIpc) is 2.72. The van der Waals surface area contributed by atoms with Gasteiger partial charge in [-0.25, -0.2) is 0 Å². The zero-order chi connectivity index (χ0) is 22.8. The van der Waals surface area contributed by atoms with E-state index in [1.165, 1.54) is 11.0 Å². The molecule has 0 atom stereocenters. The molecule has 1 aromatic heterocycles. The first-order valence-corrected chi connectivity index (χ1v) is 10.4. The van der Waals surface area contributed by atoms with Gasteiger partial charge in [0.05, 0.1) is 23.1 Å². The number of para-hydroxylation sites is 1. The summed E-state index contributed by atoms with van der Waals surface area (Å²) in [4.78, 5) is 32.0. The third kappa shape index (κ3) is 9.54. The van der Waals surface area contributed by atoms with E-state index in [-0.39, 0.29) is 49.2 Å². The number of nitrogens with zero attached hydrogens (tertiary/aromatic N) is 4. The van der Waals surface area contributed by atoms with Crippen molar-refractivity contribution in [3.63, 3.8) is 0 Å². The SMILES string of the molecule is CCN(CC)CCN(CCN(CC(=O)[O-])CC(=O)[O-])Cc1ccc2cccc([O-])c2n1.[Lu+3]. The monoisotopic (exact) mass is 604 g/mol. The van der Waals surface area contributed by atoms with Gasteiger partial charge in [0.25, 0.3) is 0 Å². The summed E-state index contributed by atoms with van der Waals surface area (Å²) in [5.74, 6) is -2.81. The van der Waals surface area contributed by atoms with Gasteiger partial charge in [-0.2, -0.15) is 0 Å². The topological polar surface area (TPSA) is 126 Å². The zero-order valence-corrected chi connectivity index (χ0v) is 20.0. The standard InChI is InChI=1S/C22H32N4O5.Lu/c1-3-24(4-2)10-11-25(12-13-26(15-20(28)29)16-21(30)31)14-18-9-8-17-6-5-7-19(27)22(17)23-18;/h5-9,27H,3-4,10-16H2,1-2H3,(H,28,29)(H,30,31);/q;+3/p-3. The van der Waals surface area contributed by atoms with Crippen molar-refractivity contribution in [2.24, 2.45) is 0 Å². The number of carboxylic acids is 2. The summed E-state index contributed by atoms with van der Waals surface area (Å²) in [5, 5.41) is 34.8. The van der Waals surface area contributed by atoms with E-state index in [4.69, 9.17) is 0 Å². The van der Waals surface area contributed by atoms with Gasteiger partial charge in [-0.15, -0.1) is 0 Å². The molecule has 0 radical (unpaired) electrons. The van der Waals surface area contributed by atoms with Crippen LogP contribution in [0.5, 0.6) is 5.75 Å². The number of carbonyl (C=O) groups excluding carboxylic acids is 2. The molecule has 0 spiro atoms. The van der Waals surface area contributed by atoms with E-state index < -0.39 is 25.0 Å². The quantitative estimate of drug-likeness (QED) is 0.247. The van der Waals surface area contributed by atoms with Crippen molar-refractivity contribution in [3.8, 4) is 5.75 Å². The fourth-order valence-electron chi connectivity index (χ4n) is 3.43. The Bertz CT molecular complexity index is 863. The van der Waals surface area contributed by atoms with Gasteiger partial charge in [-0.3, -0.25) is 14.8 Å². The van der Waals surface area contributed by atoms with Crippen LogP contribution in [0.2, 0.25) is 0 Å². The number of carboxylic acid groups (broad SMARTS) is 2. The molecule has 0 aliphatic carbocycles. The largest absolute Gasteiger partial charge is 3.00 e. The van der Waals surface area contributed by atoms with Crippen LogP contribution in [0.1, 0.15) is 19.5 Å². The van der Waals surface area contributed by atoms with Gasteiger partial charge in [0.1, 0.15) is 0 Å². The molecule has 0 fully saturated rings. The Morgan fingerprint density at radius 1 is 0.844 bits per heavy atom. The summed E-state index contributed by atoms with van der Waals surface area (Å²) in [7, 11) is 0. The number of likely N-dealkylation sites (N-methyl/N-ethyl adjacent to an activating group) is 1. The van der Waals surface area contributed by atoms with Gasteiger partial charge in [-0.1, -0.05) is 43.9 Å². The summed E-state index contributed by atoms with van der Waals surface area (Å²) in [6, 6.07) is 8.75. The first kappa shape index (κ1) is 28.5. The minimum Gasteiger partial charge on any atom is -0.871 e. The number of fused-ring (bicyclic) bond motifs is 1. The Hall–Kier alpha value is -1.52. The predicted molar refractivity (Wildman–Crippen MR) is 111 cm³/mol. The van der Waals surface area contributed by atoms with E-state index in [9.17, 15) is 24.9 Å². The van der Waals surface area contributed by atoms with E-state index >= 15 is 0 Å². The molecular formula is C22H29LuN4O5. The first-order chi connectivity index (χ1) is 14.8. The van der Waals surface area contributed by atoms with Crippen molar-refractivity contribution in [1.29, 1.82) is 0 Å². The Kier molecular flexibility index (Phi) is 13.0. The van der Waals surface area contributed by atoms with Crippen LogP contribution in [0, 0.1) is 36.9 Å². The molecule has 0 aliphatic heterocycles. The molecule has 0 saturated carbocycles. The van der Waals surface area contributed by atoms with Crippen molar-refractivity contribution in [3.05, 3.63) is 36.0 Å². The molecule has 0 aliphatic rings. The van der Waals surface area contributed by atoms with Crippen LogP contribution in [-0.4, -0.2) is 84.0 Å². The van der Waals surface area contributed by atoms with E-state index in [2.05, 4.69) is 28.6 Å². The number of benzene rings is 1. The summed E-state index contributed by atoms with van der Waals surface area (Å²) in [6.45, 7) is 7.60. The second-order valence-corrected chi connectivity index (χ2v) is 7.39. The van der Waals surface area contributed by atoms with E-state index in [1.807, 2.05) is 18.2 Å². The zero-order valence-electron chi connectivity index (χ0n) is 18.3. The van der Waals surface area contributed by atoms with Gasteiger partial charge in [-0.05, 0) is 24.5 Å². The average molecular weight is 604 g/mol. The van der Waals surface area contributed by atoms with Crippen LogP contribution in [0.3, 0.4) is 0 Å². The summed E-state index contributed by atoms with van der Waals surface area (Å²) >= 11 is 0. The van der Waals surface area contributed by atoms with E-state index in [1.54, 1.807) is 6.07 Å². The number of hydrogen-bond donors (Lipinski definition) is 0. The number of aromatic nitrogens is 1. The number of rotatable bonds is 14. The Balaban J connectivity index is 0.00000512. The second kappa shape index (κ2) is 14.6. The molecule has 2 aromatic rings. The molecular weight excluding hydrogens is 575 g/mol. The van der Waals surface area contributed by atoms with Crippen LogP contribution < -0.4 is 15.3 Å². The third-order valence-corrected chi connectivity index (χ3v) is 5.19. The van der Waals surface area contributed by atoms with Crippen LogP contribution in [0.25, 0.3) is 10.9 Å². The van der Waals surface area contributed by atoms with Gasteiger partial charge in [0.15, 0.2) is 0 Å². The molecule has 32 heavy (non-hydrogen) atoms. The summed E-state index contributed by atoms with van der Waals surface area (Å²) < 4.78 is 0. The fourth-order valence-corrected chi connectivity index (χ4v) is 3.43. The predicted octanol–water partition coefficient (Wildman–Crippen LogP) is -1.75. The Morgan fingerprint density at radius 3 is 1.97 bits per heavy atom. The van der Waals surface area contributed by atoms with Gasteiger partial charge < -0.3 is 29.8 Å². The van der Waals surface area contributed by atoms with E-state index in [0.29, 0.717) is 25.2 Å². The van der Waals surface area contributed by atoms with E-state index in [0.717, 1.165) is 30.7 Å². The Labute approximate surface area is 217 Å². The molecule has 0 saturated heterocycles. The van der Waals surface area contributed by atoms with Crippen LogP contribution in [-0.2, 0) is 16.1 Å². The second-order valence-electron chi connectivity index (χ2n) is 7.39. The molecule has 9 nitrogen and oxygen atoms in total. The maximum absolute atomic E-state index is 12.1. The number of aliphatic carboxylic acids is 2. The minimum atomic E-state index is -1.34. The van der Waals surface area contributed by atoms with Gasteiger partial charge in [0.2, 0.25) is 0 Å². The molecule has 0 N–H and O–H groups in total. The minimum absolute atomic E-state index is 0. The number of carbonyl (C=O) groups is 2. The summed E-state index contributed by atoms with van der Waals surface area (Å²) in [6.07, 6.45) is 0. The normalized spacial score (nSPS) is 11.3. The van der Waals surface area contributed by atoms with Crippen molar-refractivity contribution < 1.29 is 61.8 Å². The Morgan fingerprint density at radius 2 is 1.41 bits per heavy atom. The maximum Gasteiger partial charge on any atom is 3.00 e. The van der Waals surface area contributed by atoms with Crippen molar-refractivity contribution in [2.75, 3.05) is 52.4 Å². The number of pyridine rings is 1. The third-order valence-electron chi connectivity index (χ3n) is 5.19. The first-order valence-electron chi connectivity index (χ1n) is 10.4. The molecule has 1 aromatic carbocycles. The summed E-state index contributed by atoms with van der Waals surface area (Å²) in [5.41, 5.74) is 1.14. The van der Waals surface area contributed by atoms with Crippen LogP contribution >= 0.6 is 0 Å². The van der Waals surface area contributed by atoms with Gasteiger partial charge >= 0.3 is 36.9 Å². The molecule has 0 amide bonds. The number of hydrogen-bond acceptors (Lipinski definition) is 9. The molecule has 0 unspecified atom stereocenters. The van der Waals surface area contributed by atoms with Gasteiger partial charge in [0, 0.05) is 45.8 Å². The maximum atomic E-state index is 12.1. The molecule has 2 rings (SSSR count). The fraction of sp³-hybridized carbons (Fsp3) is 0.500. The van der Waals surface area contributed by atoms with Crippen molar-refractivity contribution in [2.45, 2.75) is 20.4 Å².